The highest BCUT2D eigenvalue weighted by Gasteiger charge is 2.50. The summed E-state index contributed by atoms with van der Waals surface area (Å²) in [4.78, 5) is 23.7. The largest absolute Gasteiger partial charge is 0.452 e. The Morgan fingerprint density at radius 1 is 1.34 bits per heavy atom. The Labute approximate surface area is 167 Å². The number of pyridine rings is 2. The Kier molecular flexibility index (Phi) is 5.48. The highest BCUT2D eigenvalue weighted by molar-refractivity contribution is 6.30. The van der Waals surface area contributed by atoms with E-state index in [2.05, 4.69) is 19.7 Å². The van der Waals surface area contributed by atoms with Gasteiger partial charge in [0.2, 0.25) is 5.95 Å². The maximum Gasteiger partial charge on any atom is 0.425 e. The van der Waals surface area contributed by atoms with Crippen molar-refractivity contribution in [3.8, 4) is 0 Å². The lowest BCUT2D eigenvalue weighted by Gasteiger charge is -2.35. The van der Waals surface area contributed by atoms with Crippen LogP contribution in [0, 0.1) is 5.95 Å². The number of amidine groups is 1. The molecule has 0 unspecified atom stereocenters. The molecular weight excluding hydrogens is 416 g/mol. The van der Waals surface area contributed by atoms with Crippen molar-refractivity contribution in [1.29, 1.82) is 0 Å². The molecule has 0 fully saturated rings. The zero-order valence-electron chi connectivity index (χ0n) is 15.0. The van der Waals surface area contributed by atoms with Crippen molar-refractivity contribution in [3.05, 3.63) is 58.4 Å². The second-order valence-electron chi connectivity index (χ2n) is 6.72. The standard InChI is InChI=1S/C18H15ClF4N4O2/c1-17(6-14(18(21,22)23)29-16(24)27-17)11-4-9(7-26-15(11)20)5-13(28)12-3-2-10(19)8-25-12/h2-4,7-8,14H,5-6H2,1H3,(H2,24,27)/t14-,17-/m0/s1. The van der Waals surface area contributed by atoms with Crippen LogP contribution in [0.2, 0.25) is 5.02 Å². The number of hydrogen-bond donors (Lipinski definition) is 1. The van der Waals surface area contributed by atoms with Crippen molar-refractivity contribution >= 4 is 23.4 Å². The van der Waals surface area contributed by atoms with E-state index >= 15 is 0 Å². The molecule has 1 aliphatic heterocycles. The van der Waals surface area contributed by atoms with Crippen molar-refractivity contribution in [2.75, 3.05) is 0 Å². The smallest absolute Gasteiger partial charge is 0.425 e. The highest BCUT2D eigenvalue weighted by Crippen LogP contribution is 2.40. The number of carbonyl (C=O) groups excluding carboxylic acids is 1. The van der Waals surface area contributed by atoms with E-state index in [1.165, 1.54) is 31.3 Å². The minimum atomic E-state index is -4.71. The van der Waals surface area contributed by atoms with Crippen LogP contribution in [0.5, 0.6) is 0 Å². The zero-order chi connectivity index (χ0) is 21.4. The van der Waals surface area contributed by atoms with E-state index in [1.54, 1.807) is 0 Å². The molecule has 0 spiro atoms. The lowest BCUT2D eigenvalue weighted by molar-refractivity contribution is -0.208. The summed E-state index contributed by atoms with van der Waals surface area (Å²) in [5.41, 5.74) is 3.94. The third kappa shape index (κ3) is 4.64. The first kappa shape index (κ1) is 21.0. The molecule has 3 rings (SSSR count). The number of ether oxygens (including phenoxy) is 1. The number of halogens is 5. The molecule has 154 valence electrons. The Bertz CT molecular complexity index is 965. The number of ketones is 1. The molecule has 2 aromatic heterocycles. The highest BCUT2D eigenvalue weighted by atomic mass is 35.5. The summed E-state index contributed by atoms with van der Waals surface area (Å²) >= 11 is 5.73. The van der Waals surface area contributed by atoms with E-state index in [0.29, 0.717) is 5.02 Å². The normalized spacial score (nSPS) is 22.0. The van der Waals surface area contributed by atoms with E-state index in [0.717, 1.165) is 6.20 Å². The lowest BCUT2D eigenvalue weighted by atomic mass is 9.85. The first-order valence-electron chi connectivity index (χ1n) is 8.36. The second kappa shape index (κ2) is 7.58. The van der Waals surface area contributed by atoms with Crippen LogP contribution < -0.4 is 5.73 Å². The predicted molar refractivity (Wildman–Crippen MR) is 96.0 cm³/mol. The molecule has 11 heteroatoms. The Morgan fingerprint density at radius 3 is 2.69 bits per heavy atom. The lowest BCUT2D eigenvalue weighted by Crippen LogP contribution is -2.46. The summed E-state index contributed by atoms with van der Waals surface area (Å²) in [6.45, 7) is 1.30. The van der Waals surface area contributed by atoms with Gasteiger partial charge in [0.25, 0.3) is 6.02 Å². The summed E-state index contributed by atoms with van der Waals surface area (Å²) in [7, 11) is 0. The molecule has 0 saturated heterocycles. The van der Waals surface area contributed by atoms with Crippen LogP contribution in [0.4, 0.5) is 17.6 Å². The van der Waals surface area contributed by atoms with Gasteiger partial charge in [-0.25, -0.2) is 9.98 Å². The summed E-state index contributed by atoms with van der Waals surface area (Å²) in [5.74, 6) is -1.40. The van der Waals surface area contributed by atoms with Crippen molar-refractivity contribution in [1.82, 2.24) is 9.97 Å². The summed E-state index contributed by atoms with van der Waals surface area (Å²) < 4.78 is 58.4. The predicted octanol–water partition coefficient (Wildman–Crippen LogP) is 3.58. The maximum absolute atomic E-state index is 14.4. The average Bonchev–Trinajstić information content (AvgIpc) is 2.62. The topological polar surface area (TPSA) is 90.5 Å². The summed E-state index contributed by atoms with van der Waals surface area (Å²) in [5, 5.41) is 0.356. The van der Waals surface area contributed by atoms with Crippen LogP contribution >= 0.6 is 11.6 Å². The molecule has 2 aromatic rings. The quantitative estimate of drug-likeness (QED) is 0.455. The van der Waals surface area contributed by atoms with Crippen LogP contribution in [-0.4, -0.2) is 34.1 Å². The molecule has 0 radical (unpaired) electrons. The van der Waals surface area contributed by atoms with Gasteiger partial charge in [0, 0.05) is 30.8 Å². The van der Waals surface area contributed by atoms with Crippen molar-refractivity contribution < 1.29 is 27.1 Å². The monoisotopic (exact) mass is 430 g/mol. The Hall–Kier alpha value is -2.75. The van der Waals surface area contributed by atoms with E-state index < -0.39 is 42.0 Å². The third-order valence-corrected chi connectivity index (χ3v) is 4.65. The van der Waals surface area contributed by atoms with Crippen molar-refractivity contribution in [3.63, 3.8) is 0 Å². The van der Waals surface area contributed by atoms with Gasteiger partial charge in [-0.3, -0.25) is 9.78 Å². The van der Waals surface area contributed by atoms with Crippen LogP contribution in [0.1, 0.15) is 35.0 Å². The van der Waals surface area contributed by atoms with E-state index in [9.17, 15) is 22.4 Å². The minimum absolute atomic E-state index is 0.136. The van der Waals surface area contributed by atoms with Crippen molar-refractivity contribution in [2.45, 2.75) is 37.6 Å². The number of rotatable bonds is 4. The molecule has 0 bridgehead atoms. The maximum atomic E-state index is 14.4. The van der Waals surface area contributed by atoms with Gasteiger partial charge in [-0.15, -0.1) is 0 Å². The first-order valence-corrected chi connectivity index (χ1v) is 8.74. The van der Waals surface area contributed by atoms with E-state index in [4.69, 9.17) is 17.3 Å². The fourth-order valence-electron chi connectivity index (χ4n) is 3.00. The van der Waals surface area contributed by atoms with Gasteiger partial charge >= 0.3 is 6.18 Å². The zero-order valence-corrected chi connectivity index (χ0v) is 15.8. The summed E-state index contributed by atoms with van der Waals surface area (Å²) in [6, 6.07) is 3.48. The molecule has 0 aliphatic carbocycles. The Morgan fingerprint density at radius 2 is 2.07 bits per heavy atom. The number of Topliss-reactive ketones (excluding diaryl/α,β-unsaturated/α-hetero) is 1. The fraction of sp³-hybridized carbons (Fsp3) is 0.333. The SMILES string of the molecule is C[C@@]1(c2cc(CC(=O)c3ccc(Cl)cn3)cnc2F)C[C@@H](C(F)(F)F)OC(N)=N1. The molecule has 6 nitrogen and oxygen atoms in total. The number of nitrogens with two attached hydrogens (primary N) is 1. The van der Waals surface area contributed by atoms with Gasteiger partial charge in [0.05, 0.1) is 10.6 Å². The first-order chi connectivity index (χ1) is 13.5. The van der Waals surface area contributed by atoms with Gasteiger partial charge in [-0.2, -0.15) is 17.6 Å². The van der Waals surface area contributed by atoms with Crippen molar-refractivity contribution in [2.24, 2.45) is 10.7 Å². The van der Waals surface area contributed by atoms with Crippen LogP contribution in [0.3, 0.4) is 0 Å². The molecule has 0 amide bonds. The average molecular weight is 431 g/mol. The molecule has 0 saturated carbocycles. The number of alkyl halides is 3. The minimum Gasteiger partial charge on any atom is -0.452 e. The van der Waals surface area contributed by atoms with E-state index in [1.807, 2.05) is 0 Å². The second-order valence-corrected chi connectivity index (χ2v) is 7.16. The number of aromatic nitrogens is 2. The summed E-state index contributed by atoms with van der Waals surface area (Å²) in [6.07, 6.45) is -5.40. The molecule has 29 heavy (non-hydrogen) atoms. The van der Waals surface area contributed by atoms with Crippen LogP contribution in [0.15, 0.2) is 35.6 Å². The number of carbonyl (C=O) groups is 1. The third-order valence-electron chi connectivity index (χ3n) is 4.42. The van der Waals surface area contributed by atoms with Gasteiger partial charge in [0.1, 0.15) is 5.69 Å². The van der Waals surface area contributed by atoms with Gasteiger partial charge in [-0.05, 0) is 30.7 Å². The molecular formula is C18H15ClF4N4O2. The van der Waals surface area contributed by atoms with Gasteiger partial charge in [-0.1, -0.05) is 11.6 Å². The fourth-order valence-corrected chi connectivity index (χ4v) is 3.11. The molecule has 2 N–H and O–H groups in total. The molecule has 2 atom stereocenters. The number of aliphatic imine (C=N–C) groups is 1. The van der Waals surface area contributed by atoms with Crippen LogP contribution in [0.25, 0.3) is 0 Å². The molecule has 1 aliphatic rings. The number of hydrogen-bond acceptors (Lipinski definition) is 6. The van der Waals surface area contributed by atoms with Crippen LogP contribution in [-0.2, 0) is 16.7 Å². The van der Waals surface area contributed by atoms with Gasteiger partial charge in [0.15, 0.2) is 11.9 Å². The van der Waals surface area contributed by atoms with E-state index in [-0.39, 0.29) is 23.2 Å². The van der Waals surface area contributed by atoms with Gasteiger partial charge < -0.3 is 10.5 Å². The molecule has 0 aromatic carbocycles. The Balaban J connectivity index is 1.91. The molecule has 3 heterocycles. The number of nitrogens with zero attached hydrogens (tertiary/aromatic N) is 3.